The Morgan fingerprint density at radius 3 is 1.42 bits per heavy atom. The van der Waals surface area contributed by atoms with Crippen molar-refractivity contribution < 1.29 is 4.42 Å². The van der Waals surface area contributed by atoms with Gasteiger partial charge in [-0.1, -0.05) is 166 Å². The van der Waals surface area contributed by atoms with Gasteiger partial charge in [0.25, 0.3) is 6.71 Å². The van der Waals surface area contributed by atoms with E-state index in [2.05, 4.69) is 238 Å². The van der Waals surface area contributed by atoms with E-state index in [9.17, 15) is 0 Å². The molecule has 2 aliphatic heterocycles. The Hall–Kier alpha value is -5.59. The molecule has 4 heterocycles. The summed E-state index contributed by atoms with van der Waals surface area (Å²) in [6.45, 7) is 42.5. The lowest BCUT2D eigenvalue weighted by atomic mass is 9.35. The minimum Gasteiger partial charge on any atom is -0.456 e. The molecule has 0 N–H and O–H groups in total. The summed E-state index contributed by atoms with van der Waals surface area (Å²) in [5, 5.41) is 4.57. The third-order valence-electron chi connectivity index (χ3n) is 19.5. The fraction of sp³-hybridized carbons (Fsp3) is 0.466. The molecule has 4 bridgehead atoms. The maximum absolute atomic E-state index is 6.59. The first-order valence-corrected chi connectivity index (χ1v) is 30.9. The Morgan fingerprint density at radius 2 is 0.911 bits per heavy atom. The van der Waals surface area contributed by atoms with Crippen LogP contribution >= 0.6 is 11.3 Å². The quantitative estimate of drug-likeness (QED) is 0.164. The number of benzene rings is 6. The van der Waals surface area contributed by atoms with Crippen LogP contribution in [0.15, 0.2) is 108 Å². The summed E-state index contributed by atoms with van der Waals surface area (Å²) in [5.41, 5.74) is 22.7. The van der Waals surface area contributed by atoms with Crippen molar-refractivity contribution in [2.75, 3.05) is 9.80 Å². The van der Waals surface area contributed by atoms with Gasteiger partial charge in [0.05, 0.1) is 5.59 Å². The molecule has 79 heavy (non-hydrogen) atoms. The lowest BCUT2D eigenvalue weighted by Gasteiger charge is -2.57. The number of fused-ring (bicyclic) bond motifs is 7. The normalized spacial score (nSPS) is 21.1. The maximum atomic E-state index is 6.59. The van der Waals surface area contributed by atoms with Crippen molar-refractivity contribution in [2.45, 2.75) is 201 Å². The smallest absolute Gasteiger partial charge is 0.276 e. The molecule has 0 radical (unpaired) electrons. The van der Waals surface area contributed by atoms with Crippen LogP contribution < -0.4 is 26.3 Å². The average molecular weight is 1060 g/mol. The molecular formula is C73H86BN3OS. The number of hydrogen-bond acceptors (Lipinski definition) is 5. The highest BCUT2D eigenvalue weighted by Crippen LogP contribution is 2.62. The Kier molecular flexibility index (Phi) is 11.5. The van der Waals surface area contributed by atoms with E-state index in [1.807, 2.05) is 11.3 Å². The largest absolute Gasteiger partial charge is 0.456 e. The average Bonchev–Trinajstić information content (AvgIpc) is 3.38. The van der Waals surface area contributed by atoms with Crippen molar-refractivity contribution in [2.24, 2.45) is 17.8 Å². The first-order chi connectivity index (χ1) is 36.8. The molecule has 14 rings (SSSR count). The number of rotatable bonds is 4. The molecule has 6 aromatic carbocycles. The minimum atomic E-state index is -0.103. The summed E-state index contributed by atoms with van der Waals surface area (Å²) in [6, 6.07) is 41.7. The number of anilines is 6. The van der Waals surface area contributed by atoms with Crippen LogP contribution in [-0.2, 0) is 37.9 Å². The highest BCUT2D eigenvalue weighted by atomic mass is 32.1. The second-order valence-electron chi connectivity index (χ2n) is 31.8. The van der Waals surface area contributed by atoms with Crippen LogP contribution in [0.2, 0.25) is 0 Å². The molecule has 4 aliphatic carbocycles. The van der Waals surface area contributed by atoms with Crippen LogP contribution in [0.25, 0.3) is 32.5 Å². The standard InChI is InChI=1S/C73H86BN3OS/c1-67(2,3)46-21-24-62-56(35-46)55-28-45(19-23-61(55)78-62)65-75-64-66(79-65)77(54-33-50(71(13,14)15)30-51(34-54)72(16,17)18)60-38-52(73-39-42-25-43(40-73)27-44(26-42)41-73)37-59-63(60)74(64)57-36-47(68(4,5)6)20-22-58(57)76(59)53-31-48(69(7,8)9)29-49(32-53)70(10,11)12/h19-24,28-38,42-44H,25-27,39-41H2,1-18H3. The topological polar surface area (TPSA) is 32.5 Å². The van der Waals surface area contributed by atoms with E-state index in [0.29, 0.717) is 0 Å². The summed E-state index contributed by atoms with van der Waals surface area (Å²) in [4.78, 5) is 11.5. The van der Waals surface area contributed by atoms with Crippen molar-refractivity contribution in [1.29, 1.82) is 0 Å². The van der Waals surface area contributed by atoms with Gasteiger partial charge >= 0.3 is 0 Å². The summed E-state index contributed by atoms with van der Waals surface area (Å²) in [6.07, 6.45) is 8.13. The summed E-state index contributed by atoms with van der Waals surface area (Å²) < 4.78 is 6.59. The van der Waals surface area contributed by atoms with Gasteiger partial charge in [0, 0.05) is 44.8 Å². The van der Waals surface area contributed by atoms with Crippen LogP contribution in [0, 0.1) is 17.8 Å². The van der Waals surface area contributed by atoms with Crippen molar-refractivity contribution >= 4 is 89.9 Å². The predicted octanol–water partition coefficient (Wildman–Crippen LogP) is 19.0. The van der Waals surface area contributed by atoms with Gasteiger partial charge in [0.15, 0.2) is 0 Å². The van der Waals surface area contributed by atoms with Gasteiger partial charge in [-0.15, -0.1) is 0 Å². The number of nitrogens with zero attached hydrogens (tertiary/aromatic N) is 3. The molecule has 4 nitrogen and oxygen atoms in total. The molecule has 6 heteroatoms. The molecular weight excluding hydrogens is 978 g/mol. The van der Waals surface area contributed by atoms with Gasteiger partial charge in [-0.05, 0) is 217 Å². The van der Waals surface area contributed by atoms with Crippen molar-refractivity contribution in [3.05, 3.63) is 142 Å². The molecule has 0 amide bonds. The van der Waals surface area contributed by atoms with Gasteiger partial charge in [-0.25, -0.2) is 4.98 Å². The molecule has 6 aliphatic rings. The third kappa shape index (κ3) is 8.76. The lowest BCUT2D eigenvalue weighted by molar-refractivity contribution is -0.00514. The lowest BCUT2D eigenvalue weighted by Crippen LogP contribution is -2.62. The monoisotopic (exact) mass is 1060 g/mol. The second kappa shape index (κ2) is 17.2. The fourth-order valence-corrected chi connectivity index (χ4v) is 16.2. The zero-order valence-electron chi connectivity index (χ0n) is 51.0. The molecule has 4 fully saturated rings. The van der Waals surface area contributed by atoms with Crippen LogP contribution in [0.1, 0.15) is 202 Å². The predicted molar refractivity (Wildman–Crippen MR) is 341 cm³/mol. The van der Waals surface area contributed by atoms with Crippen LogP contribution in [0.3, 0.4) is 0 Å². The number of furan rings is 1. The number of hydrogen-bond donors (Lipinski definition) is 0. The highest BCUT2D eigenvalue weighted by molar-refractivity contribution is 7.22. The zero-order valence-corrected chi connectivity index (χ0v) is 51.8. The molecule has 4 saturated carbocycles. The molecule has 0 atom stereocenters. The summed E-state index contributed by atoms with van der Waals surface area (Å²) in [7, 11) is 0. The van der Waals surface area contributed by atoms with Crippen LogP contribution in [0.4, 0.5) is 33.4 Å². The Bertz CT molecular complexity index is 3700. The van der Waals surface area contributed by atoms with E-state index in [1.165, 1.54) is 116 Å². The van der Waals surface area contributed by atoms with Gasteiger partial charge < -0.3 is 14.2 Å². The number of thiazole rings is 1. The third-order valence-corrected chi connectivity index (χ3v) is 20.6. The molecule has 8 aromatic rings. The van der Waals surface area contributed by atoms with E-state index in [-0.39, 0.29) is 44.6 Å². The van der Waals surface area contributed by atoms with E-state index >= 15 is 0 Å². The van der Waals surface area contributed by atoms with Gasteiger partial charge in [-0.2, -0.15) is 0 Å². The fourth-order valence-electron chi connectivity index (χ4n) is 15.1. The molecule has 2 aromatic heterocycles. The highest BCUT2D eigenvalue weighted by Gasteiger charge is 2.54. The Morgan fingerprint density at radius 1 is 0.468 bits per heavy atom. The first-order valence-electron chi connectivity index (χ1n) is 30.0. The Labute approximate surface area is 477 Å². The summed E-state index contributed by atoms with van der Waals surface area (Å²) >= 11 is 1.88. The zero-order chi connectivity index (χ0) is 56.1. The molecule has 408 valence electrons. The van der Waals surface area contributed by atoms with E-state index in [1.54, 1.807) is 5.56 Å². The van der Waals surface area contributed by atoms with E-state index in [4.69, 9.17) is 9.40 Å². The van der Waals surface area contributed by atoms with Gasteiger partial charge in [0.1, 0.15) is 21.2 Å². The summed E-state index contributed by atoms with van der Waals surface area (Å²) in [5.74, 6) is 2.43. The minimum absolute atomic E-state index is 0.0107. The second-order valence-corrected chi connectivity index (χ2v) is 32.8. The van der Waals surface area contributed by atoms with Crippen LogP contribution in [-0.4, -0.2) is 11.7 Å². The number of aromatic nitrogens is 1. The molecule has 0 unspecified atom stereocenters. The molecule has 0 spiro atoms. The van der Waals surface area contributed by atoms with Crippen molar-refractivity contribution in [3.63, 3.8) is 0 Å². The first kappa shape index (κ1) is 52.8. The van der Waals surface area contributed by atoms with Gasteiger partial charge in [0.2, 0.25) is 0 Å². The maximum Gasteiger partial charge on any atom is 0.276 e. The van der Waals surface area contributed by atoms with E-state index in [0.717, 1.165) is 55.9 Å². The van der Waals surface area contributed by atoms with Crippen molar-refractivity contribution in [3.8, 4) is 10.6 Å². The van der Waals surface area contributed by atoms with Crippen molar-refractivity contribution in [1.82, 2.24) is 4.98 Å². The molecule has 0 saturated heterocycles. The van der Waals surface area contributed by atoms with E-state index < -0.39 is 0 Å². The van der Waals surface area contributed by atoms with Gasteiger partial charge in [-0.3, -0.25) is 0 Å². The van der Waals surface area contributed by atoms with Crippen LogP contribution in [0.5, 0.6) is 0 Å². The Balaban J connectivity index is 1.15. The SMILES string of the molecule is CC(C)(C)c1cc(N2c3ccc(C(C)(C)C)cc3B3c4nc(-c5ccc6oc7ccc(C(C)(C)C)cc7c6c5)sc4N(c4cc(C(C)(C)C)cc(C(C)(C)C)c4)c4cc(C56CC7CC(CC(C7)C5)C6)cc2c43)cc(C(C)(C)C)c1.